The lowest BCUT2D eigenvalue weighted by molar-refractivity contribution is 0.0951. The van der Waals surface area contributed by atoms with E-state index in [-0.39, 0.29) is 17.8 Å². The van der Waals surface area contributed by atoms with E-state index in [4.69, 9.17) is 5.73 Å². The summed E-state index contributed by atoms with van der Waals surface area (Å²) in [6, 6.07) is 5.29. The van der Waals surface area contributed by atoms with Gasteiger partial charge in [0.15, 0.2) is 0 Å². The predicted octanol–water partition coefficient (Wildman–Crippen LogP) is 0.903. The van der Waals surface area contributed by atoms with Crippen molar-refractivity contribution < 1.29 is 9.18 Å². The monoisotopic (exact) mass is 196 g/mol. The van der Waals surface area contributed by atoms with Crippen molar-refractivity contribution in [3.63, 3.8) is 0 Å². The molecule has 0 aliphatic heterocycles. The minimum absolute atomic E-state index is 0.0839. The van der Waals surface area contributed by atoms with Gasteiger partial charge in [0.05, 0.1) is 0 Å². The van der Waals surface area contributed by atoms with Crippen molar-refractivity contribution in [3.05, 3.63) is 35.6 Å². The number of amides is 1. The van der Waals surface area contributed by atoms with Gasteiger partial charge in [-0.25, -0.2) is 4.39 Å². The fraction of sp³-hybridized carbons (Fsp3) is 0.300. The Balaban J connectivity index is 2.57. The number of hydrogen-bond donors (Lipinski definition) is 2. The highest BCUT2D eigenvalue weighted by atomic mass is 19.1. The molecule has 3 nitrogen and oxygen atoms in total. The maximum absolute atomic E-state index is 12.5. The molecule has 3 N–H and O–H groups in total. The molecule has 0 aromatic heterocycles. The number of carbonyl (C=O) groups is 1. The lowest BCUT2D eigenvalue weighted by atomic mass is 10.2. The molecule has 0 aliphatic rings. The first kappa shape index (κ1) is 10.7. The van der Waals surface area contributed by atoms with Crippen molar-refractivity contribution in [2.75, 3.05) is 6.54 Å². The zero-order valence-electron chi connectivity index (χ0n) is 7.96. The second kappa shape index (κ2) is 4.72. The molecule has 0 bridgehead atoms. The zero-order chi connectivity index (χ0) is 10.6. The lowest BCUT2D eigenvalue weighted by Gasteiger charge is -2.07. The van der Waals surface area contributed by atoms with E-state index in [0.717, 1.165) is 0 Å². The summed E-state index contributed by atoms with van der Waals surface area (Å²) in [7, 11) is 0. The van der Waals surface area contributed by atoms with E-state index in [0.29, 0.717) is 12.1 Å². The number of nitrogens with one attached hydrogen (secondary N) is 1. The normalized spacial score (nSPS) is 12.2. The van der Waals surface area contributed by atoms with Gasteiger partial charge in [0.25, 0.3) is 5.91 Å². The Morgan fingerprint density at radius 3 is 2.57 bits per heavy atom. The van der Waals surface area contributed by atoms with E-state index in [1.165, 1.54) is 24.3 Å². The van der Waals surface area contributed by atoms with Gasteiger partial charge in [0.1, 0.15) is 5.82 Å². The smallest absolute Gasteiger partial charge is 0.251 e. The number of carbonyl (C=O) groups excluding carboxylic acids is 1. The second-order valence-corrected chi connectivity index (χ2v) is 3.19. The van der Waals surface area contributed by atoms with Crippen LogP contribution in [0.4, 0.5) is 4.39 Å². The van der Waals surface area contributed by atoms with E-state index in [2.05, 4.69) is 5.32 Å². The lowest BCUT2D eigenvalue weighted by Crippen LogP contribution is -2.35. The van der Waals surface area contributed by atoms with E-state index >= 15 is 0 Å². The maximum atomic E-state index is 12.5. The van der Waals surface area contributed by atoms with Crippen molar-refractivity contribution in [2.45, 2.75) is 13.0 Å². The molecule has 76 valence electrons. The van der Waals surface area contributed by atoms with E-state index < -0.39 is 0 Å². The van der Waals surface area contributed by atoms with Crippen LogP contribution in [0.2, 0.25) is 0 Å². The Morgan fingerprint density at radius 2 is 2.07 bits per heavy atom. The third-order valence-electron chi connectivity index (χ3n) is 1.69. The highest BCUT2D eigenvalue weighted by molar-refractivity contribution is 5.94. The molecule has 0 radical (unpaired) electrons. The summed E-state index contributed by atoms with van der Waals surface area (Å²) in [4.78, 5) is 11.4. The summed E-state index contributed by atoms with van der Waals surface area (Å²) in [5.41, 5.74) is 5.91. The molecule has 1 aromatic carbocycles. The van der Waals surface area contributed by atoms with Crippen LogP contribution in [-0.2, 0) is 0 Å². The van der Waals surface area contributed by atoms with Crippen LogP contribution in [-0.4, -0.2) is 18.5 Å². The molecule has 1 amide bonds. The van der Waals surface area contributed by atoms with Crippen LogP contribution in [0, 0.1) is 5.82 Å². The summed E-state index contributed by atoms with van der Waals surface area (Å²) in [6.45, 7) is 2.21. The molecule has 4 heteroatoms. The van der Waals surface area contributed by atoms with Gasteiger partial charge in [-0.3, -0.25) is 4.79 Å². The Labute approximate surface area is 82.1 Å². The topological polar surface area (TPSA) is 55.1 Å². The molecule has 1 rings (SSSR count). The number of benzene rings is 1. The molecule has 0 saturated heterocycles. The molecule has 1 atom stereocenters. The van der Waals surface area contributed by atoms with Gasteiger partial charge in [-0.2, -0.15) is 0 Å². The molecule has 0 aliphatic carbocycles. The van der Waals surface area contributed by atoms with Gasteiger partial charge in [-0.05, 0) is 31.2 Å². The molecule has 0 saturated carbocycles. The molecule has 1 aromatic rings. The minimum Gasteiger partial charge on any atom is -0.350 e. The Kier molecular flexibility index (Phi) is 3.59. The largest absolute Gasteiger partial charge is 0.350 e. The number of hydrogen-bond acceptors (Lipinski definition) is 2. The number of halogens is 1. The first-order valence-corrected chi connectivity index (χ1v) is 4.39. The van der Waals surface area contributed by atoms with Crippen LogP contribution >= 0.6 is 0 Å². The molecular weight excluding hydrogens is 183 g/mol. The Morgan fingerprint density at radius 1 is 1.50 bits per heavy atom. The summed E-state index contributed by atoms with van der Waals surface area (Å²) < 4.78 is 12.5. The van der Waals surface area contributed by atoms with Crippen molar-refractivity contribution in [2.24, 2.45) is 5.73 Å². The fourth-order valence-electron chi connectivity index (χ4n) is 0.957. The maximum Gasteiger partial charge on any atom is 0.251 e. The van der Waals surface area contributed by atoms with Gasteiger partial charge >= 0.3 is 0 Å². The number of nitrogens with two attached hydrogens (primary N) is 1. The summed E-state index contributed by atoms with van der Waals surface area (Å²) in [5, 5.41) is 2.63. The zero-order valence-corrected chi connectivity index (χ0v) is 7.96. The molecular formula is C10H13FN2O. The van der Waals surface area contributed by atoms with Crippen LogP contribution in [0.15, 0.2) is 24.3 Å². The predicted molar refractivity (Wildman–Crippen MR) is 52.4 cm³/mol. The van der Waals surface area contributed by atoms with Gasteiger partial charge in [-0.1, -0.05) is 0 Å². The molecule has 14 heavy (non-hydrogen) atoms. The highest BCUT2D eigenvalue weighted by Crippen LogP contribution is 2.01. The molecule has 0 spiro atoms. The van der Waals surface area contributed by atoms with Gasteiger partial charge in [-0.15, -0.1) is 0 Å². The van der Waals surface area contributed by atoms with Crippen LogP contribution in [0.1, 0.15) is 17.3 Å². The summed E-state index contributed by atoms with van der Waals surface area (Å²) in [6.07, 6.45) is 0. The van der Waals surface area contributed by atoms with Gasteiger partial charge in [0, 0.05) is 18.2 Å². The van der Waals surface area contributed by atoms with E-state index in [1.54, 1.807) is 6.92 Å². The van der Waals surface area contributed by atoms with Crippen LogP contribution in [0.5, 0.6) is 0 Å². The van der Waals surface area contributed by atoms with Crippen LogP contribution in [0.3, 0.4) is 0 Å². The average molecular weight is 196 g/mol. The van der Waals surface area contributed by atoms with Crippen molar-refractivity contribution >= 4 is 5.91 Å². The summed E-state index contributed by atoms with van der Waals surface area (Å²) in [5.74, 6) is -0.587. The SMILES string of the molecule is CC(N)CNC(=O)c1ccc(F)cc1. The molecule has 1 unspecified atom stereocenters. The van der Waals surface area contributed by atoms with E-state index in [1.807, 2.05) is 0 Å². The van der Waals surface area contributed by atoms with Crippen molar-refractivity contribution in [1.82, 2.24) is 5.32 Å². The van der Waals surface area contributed by atoms with Gasteiger partial charge in [0.2, 0.25) is 0 Å². The highest BCUT2D eigenvalue weighted by Gasteiger charge is 2.05. The standard InChI is InChI=1S/C10H13FN2O/c1-7(12)6-13-10(14)8-2-4-9(11)5-3-8/h2-5,7H,6,12H2,1H3,(H,13,14). The Bertz CT molecular complexity index is 308. The van der Waals surface area contributed by atoms with Crippen molar-refractivity contribution in [1.29, 1.82) is 0 Å². The quantitative estimate of drug-likeness (QED) is 0.754. The van der Waals surface area contributed by atoms with E-state index in [9.17, 15) is 9.18 Å². The number of rotatable bonds is 3. The van der Waals surface area contributed by atoms with Crippen LogP contribution in [0.25, 0.3) is 0 Å². The summed E-state index contributed by atoms with van der Waals surface area (Å²) >= 11 is 0. The molecule has 0 fully saturated rings. The first-order chi connectivity index (χ1) is 6.59. The second-order valence-electron chi connectivity index (χ2n) is 3.19. The minimum atomic E-state index is -0.353. The van der Waals surface area contributed by atoms with Crippen LogP contribution < -0.4 is 11.1 Å². The van der Waals surface area contributed by atoms with Gasteiger partial charge < -0.3 is 11.1 Å². The first-order valence-electron chi connectivity index (χ1n) is 4.39. The third-order valence-corrected chi connectivity index (χ3v) is 1.69. The fourth-order valence-corrected chi connectivity index (χ4v) is 0.957. The average Bonchev–Trinajstić information content (AvgIpc) is 2.15. The third kappa shape index (κ3) is 3.14. The molecule has 0 heterocycles. The Hall–Kier alpha value is -1.42. The van der Waals surface area contributed by atoms with Crippen molar-refractivity contribution in [3.8, 4) is 0 Å².